The number of fused-ring (bicyclic) bond motifs is 2. The Morgan fingerprint density at radius 2 is 0.957 bits per heavy atom. The number of carbonyl (C=O) groups excluding carboxylic acids is 4. The minimum absolute atomic E-state index is 0.0170. The van der Waals surface area contributed by atoms with Gasteiger partial charge in [0, 0.05) is 41.2 Å². The number of amides is 2. The van der Waals surface area contributed by atoms with Gasteiger partial charge in [0.25, 0.3) is 11.8 Å². The van der Waals surface area contributed by atoms with Crippen molar-refractivity contribution in [1.29, 1.82) is 0 Å². The zero-order chi connectivity index (χ0) is 33.6. The predicted octanol–water partition coefficient (Wildman–Crippen LogP) is 9.40. The van der Waals surface area contributed by atoms with E-state index in [0.29, 0.717) is 17.8 Å². The quantitative estimate of drug-likeness (QED) is 0.142. The number of thioether (sulfide) groups is 2. The van der Waals surface area contributed by atoms with Gasteiger partial charge in [-0.3, -0.25) is 29.0 Å². The van der Waals surface area contributed by atoms with Gasteiger partial charge in [0.15, 0.2) is 11.5 Å². The molecular weight excluding hydrogens is 726 g/mol. The van der Waals surface area contributed by atoms with Crippen molar-refractivity contribution in [3.63, 3.8) is 0 Å². The van der Waals surface area contributed by atoms with E-state index in [9.17, 15) is 19.2 Å². The van der Waals surface area contributed by atoms with E-state index in [1.165, 1.54) is 61.6 Å². The third-order valence-electron chi connectivity index (χ3n) is 7.17. The maximum absolute atomic E-state index is 14.2. The fraction of sp³-hybridized carbons (Fsp3) is 0.152. The number of hydrogen-bond donors (Lipinski definition) is 0. The van der Waals surface area contributed by atoms with Gasteiger partial charge in [-0.15, -0.1) is 0 Å². The van der Waals surface area contributed by atoms with Crippen LogP contribution in [0.1, 0.15) is 41.0 Å². The standard InChI is InChI=1S/C33H22Cl4N2O6S2/c1-16(40)44-30-20(34)11-18(12-21(30)35)32(42)38-24-7-3-5-9-26(24)46-28(38)15-29-39(25-8-4-6-10-27(25)47-29)33(43)19-13-22(36)31(23(37)14-19)45-17(2)41/h3-14,28-29H,15H2,1-2H3. The van der Waals surface area contributed by atoms with Crippen LogP contribution in [0.5, 0.6) is 11.5 Å². The smallest absolute Gasteiger partial charge is 0.308 e. The van der Waals surface area contributed by atoms with Gasteiger partial charge < -0.3 is 9.47 Å². The van der Waals surface area contributed by atoms with Crippen molar-refractivity contribution in [3.05, 3.63) is 104 Å². The highest BCUT2D eigenvalue weighted by atomic mass is 35.5. The highest BCUT2D eigenvalue weighted by Gasteiger charge is 2.42. The lowest BCUT2D eigenvalue weighted by molar-refractivity contribution is -0.132. The van der Waals surface area contributed by atoms with E-state index in [2.05, 4.69) is 0 Å². The minimum Gasteiger partial charge on any atom is -0.424 e. The SMILES string of the molecule is CC(=O)Oc1c(Cl)cc(C(=O)N2c3ccccc3SC2CC2Sc3ccccc3N2C(=O)c2cc(Cl)c(OC(C)=O)c(Cl)c2)cc1Cl. The van der Waals surface area contributed by atoms with Crippen LogP contribution in [0.2, 0.25) is 20.1 Å². The molecule has 0 saturated heterocycles. The Morgan fingerprint density at radius 3 is 1.30 bits per heavy atom. The van der Waals surface area contributed by atoms with Gasteiger partial charge in [0.1, 0.15) is 0 Å². The molecule has 240 valence electrons. The minimum atomic E-state index is -0.600. The molecule has 2 aliphatic heterocycles. The van der Waals surface area contributed by atoms with E-state index in [-0.39, 0.29) is 54.5 Å². The topological polar surface area (TPSA) is 93.2 Å². The van der Waals surface area contributed by atoms with Crippen LogP contribution in [0, 0.1) is 0 Å². The average Bonchev–Trinajstić information content (AvgIpc) is 3.57. The Morgan fingerprint density at radius 1 is 0.617 bits per heavy atom. The van der Waals surface area contributed by atoms with Crippen molar-refractivity contribution in [2.24, 2.45) is 0 Å². The molecule has 0 bridgehead atoms. The number of benzene rings is 4. The van der Waals surface area contributed by atoms with Gasteiger partial charge in [-0.25, -0.2) is 0 Å². The first-order chi connectivity index (χ1) is 22.4. The number of anilines is 2. The molecule has 0 aliphatic carbocycles. The van der Waals surface area contributed by atoms with Gasteiger partial charge in [-0.1, -0.05) is 94.2 Å². The molecule has 2 unspecified atom stereocenters. The van der Waals surface area contributed by atoms with Crippen LogP contribution in [0.25, 0.3) is 0 Å². The number of carbonyl (C=O) groups is 4. The number of para-hydroxylation sites is 2. The summed E-state index contributed by atoms with van der Waals surface area (Å²) in [4.78, 5) is 56.6. The predicted molar refractivity (Wildman–Crippen MR) is 186 cm³/mol. The summed E-state index contributed by atoms with van der Waals surface area (Å²) in [5.74, 6) is -2.00. The summed E-state index contributed by atoms with van der Waals surface area (Å²) in [5.41, 5.74) is 1.79. The molecule has 2 heterocycles. The maximum atomic E-state index is 14.2. The molecule has 0 fully saturated rings. The molecule has 47 heavy (non-hydrogen) atoms. The van der Waals surface area contributed by atoms with Crippen molar-refractivity contribution in [2.75, 3.05) is 9.80 Å². The van der Waals surface area contributed by atoms with Gasteiger partial charge in [0.05, 0.1) is 42.2 Å². The summed E-state index contributed by atoms with van der Waals surface area (Å²) in [6.45, 7) is 2.45. The monoisotopic (exact) mass is 746 g/mol. The molecule has 0 radical (unpaired) electrons. The zero-order valence-corrected chi connectivity index (χ0v) is 29.1. The van der Waals surface area contributed by atoms with Crippen molar-refractivity contribution >= 4 is 105 Å². The van der Waals surface area contributed by atoms with Gasteiger partial charge in [-0.05, 0) is 48.5 Å². The zero-order valence-electron chi connectivity index (χ0n) is 24.5. The van der Waals surface area contributed by atoms with Crippen molar-refractivity contribution < 1.29 is 28.7 Å². The molecule has 0 spiro atoms. The number of hydrogen-bond acceptors (Lipinski definition) is 8. The number of halogens is 4. The summed E-state index contributed by atoms with van der Waals surface area (Å²) in [6, 6.07) is 20.7. The Bertz CT molecular complexity index is 1790. The first-order valence-electron chi connectivity index (χ1n) is 14.0. The number of nitrogens with zero attached hydrogens (tertiary/aromatic N) is 2. The lowest BCUT2D eigenvalue weighted by Gasteiger charge is -2.31. The molecule has 0 N–H and O–H groups in total. The summed E-state index contributed by atoms with van der Waals surface area (Å²) in [7, 11) is 0. The first-order valence-corrected chi connectivity index (χ1v) is 17.2. The van der Waals surface area contributed by atoms with E-state index in [0.717, 1.165) is 9.79 Å². The lowest BCUT2D eigenvalue weighted by Crippen LogP contribution is -2.42. The molecule has 8 nitrogen and oxygen atoms in total. The molecule has 2 aliphatic rings. The number of esters is 2. The normalized spacial score (nSPS) is 16.5. The van der Waals surface area contributed by atoms with E-state index >= 15 is 0 Å². The largest absolute Gasteiger partial charge is 0.424 e. The molecule has 2 atom stereocenters. The number of rotatable bonds is 6. The van der Waals surface area contributed by atoms with Crippen LogP contribution in [-0.2, 0) is 9.59 Å². The second kappa shape index (κ2) is 13.6. The fourth-order valence-corrected chi connectivity index (χ4v) is 9.22. The third-order valence-corrected chi connectivity index (χ3v) is 10.8. The highest BCUT2D eigenvalue weighted by Crippen LogP contribution is 2.51. The summed E-state index contributed by atoms with van der Waals surface area (Å²) in [6.07, 6.45) is 0.357. The first kappa shape index (κ1) is 33.5. The molecule has 6 rings (SSSR count). The second-order valence-electron chi connectivity index (χ2n) is 10.4. The Labute approximate surface area is 298 Å². The van der Waals surface area contributed by atoms with Crippen LogP contribution >= 0.6 is 69.9 Å². The van der Waals surface area contributed by atoms with Crippen LogP contribution in [0.3, 0.4) is 0 Å². The summed E-state index contributed by atoms with van der Waals surface area (Å²) < 4.78 is 10.3. The number of ether oxygens (including phenoxy) is 2. The van der Waals surface area contributed by atoms with Crippen LogP contribution in [0.4, 0.5) is 11.4 Å². The lowest BCUT2D eigenvalue weighted by atomic mass is 10.1. The molecule has 0 saturated carbocycles. The van der Waals surface area contributed by atoms with Crippen LogP contribution < -0.4 is 19.3 Å². The maximum Gasteiger partial charge on any atom is 0.308 e. The van der Waals surface area contributed by atoms with Gasteiger partial charge in [0.2, 0.25) is 0 Å². The van der Waals surface area contributed by atoms with Gasteiger partial charge >= 0.3 is 11.9 Å². The summed E-state index contributed by atoms with van der Waals surface area (Å²) in [5, 5.41) is -0.809. The van der Waals surface area contributed by atoms with Crippen LogP contribution in [0.15, 0.2) is 82.6 Å². The van der Waals surface area contributed by atoms with E-state index < -0.39 is 22.7 Å². The molecule has 2 amide bonds. The third kappa shape index (κ3) is 6.68. The van der Waals surface area contributed by atoms with E-state index in [1.807, 2.05) is 48.5 Å². The molecular formula is C33H22Cl4N2O6S2. The summed E-state index contributed by atoms with van der Waals surface area (Å²) >= 11 is 28.6. The Balaban J connectivity index is 1.35. The Hall–Kier alpha value is -3.38. The average molecular weight is 748 g/mol. The van der Waals surface area contributed by atoms with E-state index in [1.54, 1.807) is 9.80 Å². The van der Waals surface area contributed by atoms with E-state index in [4.69, 9.17) is 55.9 Å². The highest BCUT2D eigenvalue weighted by molar-refractivity contribution is 8.01. The second-order valence-corrected chi connectivity index (χ2v) is 14.5. The molecule has 4 aromatic carbocycles. The van der Waals surface area contributed by atoms with Crippen molar-refractivity contribution in [1.82, 2.24) is 0 Å². The fourth-order valence-electron chi connectivity index (χ4n) is 5.31. The van der Waals surface area contributed by atoms with Crippen molar-refractivity contribution in [2.45, 2.75) is 40.8 Å². The van der Waals surface area contributed by atoms with Crippen molar-refractivity contribution in [3.8, 4) is 11.5 Å². The Kier molecular flexibility index (Phi) is 9.71. The molecule has 4 aromatic rings. The van der Waals surface area contributed by atoms with Crippen LogP contribution in [-0.4, -0.2) is 34.5 Å². The van der Waals surface area contributed by atoms with Gasteiger partial charge in [-0.2, -0.15) is 0 Å². The molecule has 0 aromatic heterocycles. The molecule has 14 heteroatoms.